The summed E-state index contributed by atoms with van der Waals surface area (Å²) >= 11 is 1.94. The number of aryl methyl sites for hydroxylation is 2. The number of anilines is 1. The average molecular weight is 464 g/mol. The van der Waals surface area contributed by atoms with E-state index in [9.17, 15) is 0 Å². The maximum atomic E-state index is 5.30. The van der Waals surface area contributed by atoms with E-state index in [1.54, 1.807) is 0 Å². The molecule has 0 radical (unpaired) electrons. The summed E-state index contributed by atoms with van der Waals surface area (Å²) in [7, 11) is 2.28. The molecule has 0 unspecified atom stereocenters. The van der Waals surface area contributed by atoms with E-state index < -0.39 is 0 Å². The summed E-state index contributed by atoms with van der Waals surface area (Å²) in [6.45, 7) is 9.16. The van der Waals surface area contributed by atoms with Crippen molar-refractivity contribution in [2.45, 2.75) is 71.3 Å². The molecule has 4 aliphatic rings. The Morgan fingerprint density at radius 1 is 0.970 bits per heavy atom. The summed E-state index contributed by atoms with van der Waals surface area (Å²) in [5.74, 6) is 0. The molecule has 5 rings (SSSR count). The van der Waals surface area contributed by atoms with Gasteiger partial charge in [0.05, 0.1) is 20.8 Å². The van der Waals surface area contributed by atoms with Gasteiger partial charge in [-0.2, -0.15) is 0 Å². The molecule has 0 aromatic heterocycles. The van der Waals surface area contributed by atoms with Gasteiger partial charge in [-0.1, -0.05) is 13.8 Å². The smallest absolute Gasteiger partial charge is 0.201 e. The highest BCUT2D eigenvalue weighted by atomic mass is 32.1. The Morgan fingerprint density at radius 3 is 2.39 bits per heavy atom. The van der Waals surface area contributed by atoms with Gasteiger partial charge in [0, 0.05) is 43.8 Å². The number of piperidine rings is 1. The van der Waals surface area contributed by atoms with E-state index in [4.69, 9.17) is 4.98 Å². The van der Waals surface area contributed by atoms with Crippen LogP contribution in [0.2, 0.25) is 0 Å². The first-order chi connectivity index (χ1) is 16.2. The molecule has 1 N–H and O–H groups in total. The number of hydrogen-bond donors (Lipinski definition) is 1. The van der Waals surface area contributed by atoms with Crippen LogP contribution in [-0.4, -0.2) is 44.3 Å². The first kappa shape index (κ1) is 22.8. The van der Waals surface area contributed by atoms with Gasteiger partial charge in [-0.15, -0.1) is 11.3 Å². The van der Waals surface area contributed by atoms with Crippen molar-refractivity contribution in [3.63, 3.8) is 0 Å². The molecule has 1 aliphatic carbocycles. The Kier molecular flexibility index (Phi) is 6.98. The van der Waals surface area contributed by atoms with Gasteiger partial charge in [0.15, 0.2) is 0 Å². The highest BCUT2D eigenvalue weighted by Crippen LogP contribution is 2.36. The van der Waals surface area contributed by atoms with Gasteiger partial charge >= 0.3 is 0 Å². The van der Waals surface area contributed by atoms with Crippen LogP contribution >= 0.6 is 11.3 Å². The zero-order chi connectivity index (χ0) is 22.8. The summed E-state index contributed by atoms with van der Waals surface area (Å²) in [5.41, 5.74) is 6.53. The molecule has 3 aliphatic heterocycles. The fraction of sp³-hybridized carbons (Fsp3) is 0.571. The highest BCUT2D eigenvalue weighted by molar-refractivity contribution is 7.21. The van der Waals surface area contributed by atoms with Crippen molar-refractivity contribution in [2.24, 2.45) is 0 Å². The van der Waals surface area contributed by atoms with E-state index in [1.807, 2.05) is 11.3 Å². The third-order valence-corrected chi connectivity index (χ3v) is 8.78. The molecular formula is C28H39N4S+. The van der Waals surface area contributed by atoms with E-state index in [2.05, 4.69) is 60.0 Å². The standard InChI is InChI=1S/C28H39N4S/c1-4-20-16-23(31(3)22-10-12-29-13-11-22)18-25-27(20)30-28-21(5-2)17-24(19-26(28)33-25)32-14-8-6-7-9-15-32/h16-19,22,29H,4-15H2,1-3H3/q+1. The molecule has 2 saturated heterocycles. The van der Waals surface area contributed by atoms with Crippen LogP contribution in [0.25, 0.3) is 20.8 Å². The third-order valence-electron chi connectivity index (χ3n) is 7.72. The summed E-state index contributed by atoms with van der Waals surface area (Å²) < 4.78 is 3.94. The minimum atomic E-state index is 0.619. The Morgan fingerprint density at radius 2 is 1.70 bits per heavy atom. The topological polar surface area (TPSA) is 31.2 Å². The molecule has 3 heterocycles. The molecule has 4 nitrogen and oxygen atoms in total. The molecule has 2 fully saturated rings. The average Bonchev–Trinajstić information content (AvgIpc) is 3.16. The summed E-state index contributed by atoms with van der Waals surface area (Å²) in [4.78, 5) is 9.15. The van der Waals surface area contributed by atoms with Crippen LogP contribution in [0.15, 0.2) is 24.3 Å². The molecular weight excluding hydrogens is 424 g/mol. The van der Waals surface area contributed by atoms with Crippen molar-refractivity contribution in [1.82, 2.24) is 14.9 Å². The minimum Gasteiger partial charge on any atom is -0.371 e. The number of nitrogens with zero attached hydrogens (tertiary/aromatic N) is 3. The number of nitrogens with one attached hydrogen (secondary N) is 1. The van der Waals surface area contributed by atoms with Crippen molar-refractivity contribution in [1.29, 1.82) is 0 Å². The largest absolute Gasteiger partial charge is 0.371 e. The minimum absolute atomic E-state index is 0.619. The Bertz CT molecular complexity index is 1150. The summed E-state index contributed by atoms with van der Waals surface area (Å²) in [6.07, 6.45) is 9.84. The lowest BCUT2D eigenvalue weighted by Crippen LogP contribution is -2.41. The second kappa shape index (κ2) is 10.1. The predicted octanol–water partition coefficient (Wildman–Crippen LogP) is 5.06. The summed E-state index contributed by atoms with van der Waals surface area (Å²) in [5, 5.41) is 4.90. The van der Waals surface area contributed by atoms with Gasteiger partial charge in [-0.25, -0.2) is 9.56 Å². The predicted molar refractivity (Wildman–Crippen MR) is 143 cm³/mol. The van der Waals surface area contributed by atoms with E-state index >= 15 is 0 Å². The van der Waals surface area contributed by atoms with E-state index in [1.165, 1.54) is 94.6 Å². The number of aromatic nitrogens is 1. The second-order valence-corrected chi connectivity index (χ2v) is 10.9. The van der Waals surface area contributed by atoms with Crippen LogP contribution in [0.3, 0.4) is 0 Å². The van der Waals surface area contributed by atoms with Gasteiger partial charge < -0.3 is 10.2 Å². The second-order valence-electron chi connectivity index (χ2n) is 9.82. The quantitative estimate of drug-likeness (QED) is 0.433. The fourth-order valence-corrected chi connectivity index (χ4v) is 6.74. The van der Waals surface area contributed by atoms with Crippen LogP contribution in [0.5, 0.6) is 0 Å². The first-order valence-electron chi connectivity index (χ1n) is 13.1. The van der Waals surface area contributed by atoms with Crippen molar-refractivity contribution in [3.8, 4) is 10.6 Å². The maximum Gasteiger partial charge on any atom is 0.201 e. The lowest BCUT2D eigenvalue weighted by atomic mass is 10.0. The Labute approximate surface area is 202 Å². The third kappa shape index (κ3) is 4.67. The number of rotatable bonds is 4. The van der Waals surface area contributed by atoms with Gasteiger partial charge in [-0.05, 0) is 74.9 Å². The molecule has 0 bridgehead atoms. The Balaban J connectivity index is 1.66. The van der Waals surface area contributed by atoms with Crippen molar-refractivity contribution in [2.75, 3.05) is 38.1 Å². The van der Waals surface area contributed by atoms with E-state index in [-0.39, 0.29) is 0 Å². The number of fused-ring (bicyclic) bond motifs is 2. The molecule has 0 amide bonds. The maximum absolute atomic E-state index is 5.30. The van der Waals surface area contributed by atoms with Crippen molar-refractivity contribution < 1.29 is 0 Å². The van der Waals surface area contributed by atoms with Gasteiger partial charge in [0.1, 0.15) is 13.1 Å². The Hall–Kier alpha value is -1.98. The first-order valence-corrected chi connectivity index (χ1v) is 13.9. The lowest BCUT2D eigenvalue weighted by Gasteiger charge is -2.33. The molecule has 176 valence electrons. The molecule has 5 heteroatoms. The number of benzene rings is 2. The van der Waals surface area contributed by atoms with Crippen LogP contribution in [0, 0.1) is 0 Å². The van der Waals surface area contributed by atoms with E-state index in [0.717, 1.165) is 25.9 Å². The van der Waals surface area contributed by atoms with Gasteiger partial charge in [0.25, 0.3) is 0 Å². The molecule has 1 aromatic carbocycles. The van der Waals surface area contributed by atoms with Crippen LogP contribution < -0.4 is 20.1 Å². The zero-order valence-corrected chi connectivity index (χ0v) is 21.4. The number of hydrogen-bond acceptors (Lipinski definition) is 4. The zero-order valence-electron chi connectivity index (χ0n) is 20.6. The summed E-state index contributed by atoms with van der Waals surface area (Å²) in [6, 6.07) is 10.3. The molecule has 0 atom stereocenters. The molecule has 33 heavy (non-hydrogen) atoms. The molecule has 0 saturated carbocycles. The SMILES string of the molecule is CCc1cc(=[N+]2CCCCCC2)cc2sc3cc(N(C)C4CCNCC4)cc(CC)c3nc1-2. The normalized spacial score (nSPS) is 18.1. The van der Waals surface area contributed by atoms with Crippen LogP contribution in [0.4, 0.5) is 5.69 Å². The van der Waals surface area contributed by atoms with Crippen molar-refractivity contribution >= 4 is 27.2 Å². The van der Waals surface area contributed by atoms with Gasteiger partial charge in [0.2, 0.25) is 5.36 Å². The van der Waals surface area contributed by atoms with E-state index in [0.29, 0.717) is 6.04 Å². The van der Waals surface area contributed by atoms with Gasteiger partial charge in [-0.3, -0.25) is 0 Å². The molecule has 1 aromatic rings. The molecule has 0 spiro atoms. The van der Waals surface area contributed by atoms with Crippen LogP contribution in [0.1, 0.15) is 63.5 Å². The van der Waals surface area contributed by atoms with Crippen LogP contribution in [-0.2, 0) is 12.8 Å². The highest BCUT2D eigenvalue weighted by Gasteiger charge is 2.21. The monoisotopic (exact) mass is 463 g/mol. The van der Waals surface area contributed by atoms with Crippen molar-refractivity contribution in [3.05, 3.63) is 40.7 Å². The fourth-order valence-electron chi connectivity index (χ4n) is 5.60. The lowest BCUT2D eigenvalue weighted by molar-refractivity contribution is 0.443.